The first-order valence-corrected chi connectivity index (χ1v) is 36.5. The van der Waals surface area contributed by atoms with Crippen molar-refractivity contribution in [2.24, 2.45) is 0 Å². The Morgan fingerprint density at radius 1 is 0.344 bits per heavy atom. The molecule has 90 heavy (non-hydrogen) atoms. The third-order valence-electron chi connectivity index (χ3n) is 15.4. The number of unbranched alkanes of at least 4 members (excludes halogenated alkanes) is 27. The molecule has 0 radical (unpaired) electrons. The molecular weight excluding hydrogens is 1110 g/mol. The maximum Gasteiger partial charge on any atom is 0.361 e. The highest BCUT2D eigenvalue weighted by atomic mass is 16.7. The number of likely N-dealkylation sites (N-methyl/N-ethyl adjacent to an activating group) is 1. The summed E-state index contributed by atoms with van der Waals surface area (Å²) < 4.78 is 22.9. The van der Waals surface area contributed by atoms with Crippen LogP contribution in [0.3, 0.4) is 0 Å². The molecule has 0 bridgehead atoms. The van der Waals surface area contributed by atoms with E-state index in [1.54, 1.807) is 0 Å². The van der Waals surface area contributed by atoms with Crippen molar-refractivity contribution in [3.05, 3.63) is 146 Å². The third kappa shape index (κ3) is 70.6. The number of carboxylic acid groups (broad SMARTS) is 1. The van der Waals surface area contributed by atoms with E-state index in [1.165, 1.54) is 135 Å². The van der Waals surface area contributed by atoms with Gasteiger partial charge in [0.25, 0.3) is 6.29 Å². The summed E-state index contributed by atoms with van der Waals surface area (Å²) in [6.07, 6.45) is 99.7. The molecule has 2 atom stereocenters. The number of esters is 2. The highest BCUT2D eigenvalue weighted by Crippen LogP contribution is 2.17. The molecular formula is C81H136NO8+. The first-order valence-electron chi connectivity index (χ1n) is 36.5. The standard InChI is InChI=1S/C81H135NO8/c1-6-8-10-12-14-16-18-20-22-24-26-28-30-32-33-34-35-36-37-38-39-40-41-42-43-44-45-46-47-48-50-52-54-56-58-60-62-64-66-68-70-72-79(84)90-77(76-89-81(80(85)86)87-74-73-82(3,4)5)75-88-78(83)71-69-67-65-63-61-59-57-55-53-51-49-31-29-27-25-23-21-19-17-15-13-11-9-7-2/h8,10,14,16,20,22,26,28,32-33,35-36,38-39,41-42,44-45,47-48,52,54,58,60,77,81H,6-7,9,11-13,15,17-19,21,23-25,27,29-31,34,37,40,43,46,49-51,53,55-57,59,61-76H2,1-5H3/p+1/b10-8-,16-14-,22-20-,28-26-,33-32-,36-35-,39-38-,42-41-,45-44-,48-47-,54-52-,60-58-. The number of allylic oxidation sites excluding steroid dienone is 24. The van der Waals surface area contributed by atoms with Gasteiger partial charge in [-0.3, -0.25) is 9.59 Å². The maximum absolute atomic E-state index is 12.9. The van der Waals surface area contributed by atoms with Gasteiger partial charge in [0.05, 0.1) is 34.4 Å². The quantitative estimate of drug-likeness (QED) is 0.0211. The summed E-state index contributed by atoms with van der Waals surface area (Å²) in [6.45, 7) is 4.75. The lowest BCUT2D eigenvalue weighted by atomic mass is 10.0. The zero-order valence-electron chi connectivity index (χ0n) is 58.5. The lowest BCUT2D eigenvalue weighted by Gasteiger charge is -2.25. The first kappa shape index (κ1) is 85.2. The summed E-state index contributed by atoms with van der Waals surface area (Å²) in [5.74, 6) is -2.04. The fraction of sp³-hybridized carbons (Fsp3) is 0.667. The number of ether oxygens (including phenoxy) is 4. The van der Waals surface area contributed by atoms with Crippen molar-refractivity contribution in [2.75, 3.05) is 47.5 Å². The number of carbonyl (C=O) groups excluding carboxylic acids is 2. The molecule has 0 fully saturated rings. The van der Waals surface area contributed by atoms with Gasteiger partial charge in [-0.1, -0.05) is 320 Å². The molecule has 0 spiro atoms. The van der Waals surface area contributed by atoms with Gasteiger partial charge in [-0.25, -0.2) is 4.79 Å². The zero-order chi connectivity index (χ0) is 65.4. The van der Waals surface area contributed by atoms with Gasteiger partial charge in [0, 0.05) is 12.8 Å². The van der Waals surface area contributed by atoms with Crippen molar-refractivity contribution in [1.29, 1.82) is 0 Å². The molecule has 9 nitrogen and oxygen atoms in total. The van der Waals surface area contributed by atoms with Crippen LogP contribution in [0.15, 0.2) is 146 Å². The van der Waals surface area contributed by atoms with Crippen molar-refractivity contribution in [3.8, 4) is 0 Å². The van der Waals surface area contributed by atoms with Crippen molar-refractivity contribution in [1.82, 2.24) is 0 Å². The van der Waals surface area contributed by atoms with Crippen LogP contribution in [-0.4, -0.2) is 87.4 Å². The van der Waals surface area contributed by atoms with E-state index in [0.717, 1.165) is 122 Å². The molecule has 9 heteroatoms. The Morgan fingerprint density at radius 2 is 0.633 bits per heavy atom. The van der Waals surface area contributed by atoms with Gasteiger partial charge in [-0.05, 0) is 103 Å². The molecule has 0 aromatic heterocycles. The fourth-order valence-electron chi connectivity index (χ4n) is 9.82. The van der Waals surface area contributed by atoms with Gasteiger partial charge in [-0.15, -0.1) is 0 Å². The van der Waals surface area contributed by atoms with E-state index >= 15 is 0 Å². The molecule has 512 valence electrons. The SMILES string of the molecule is CC/C=C\C/C=C\C/C=C\C/C=C\C/C=C\C/C=C\C/C=C\C/C=C\C/C=C\C/C=C\C/C=C\C/C=C\CCCCCCC(=O)OC(COC(=O)CCCCCCCCCCCCCCCCCCCCCCCCCC)COC(OCC[N+](C)(C)C)C(=O)O. The zero-order valence-corrected chi connectivity index (χ0v) is 58.5. The molecule has 0 aliphatic heterocycles. The predicted octanol–water partition coefficient (Wildman–Crippen LogP) is 23.1. The van der Waals surface area contributed by atoms with Gasteiger partial charge in [-0.2, -0.15) is 0 Å². The highest BCUT2D eigenvalue weighted by Gasteiger charge is 2.25. The van der Waals surface area contributed by atoms with E-state index in [4.69, 9.17) is 18.9 Å². The Bertz CT molecular complexity index is 1990. The van der Waals surface area contributed by atoms with Crippen LogP contribution in [0.25, 0.3) is 0 Å². The lowest BCUT2D eigenvalue weighted by molar-refractivity contribution is -0.870. The number of hydrogen-bond donors (Lipinski definition) is 1. The first-order chi connectivity index (χ1) is 44.1. The minimum atomic E-state index is -1.53. The number of hydrogen-bond acceptors (Lipinski definition) is 7. The number of carbonyl (C=O) groups is 3. The van der Waals surface area contributed by atoms with E-state index in [-0.39, 0.29) is 32.2 Å². The summed E-state index contributed by atoms with van der Waals surface area (Å²) in [4.78, 5) is 37.6. The van der Waals surface area contributed by atoms with Crippen LogP contribution in [0.4, 0.5) is 0 Å². The molecule has 0 saturated heterocycles. The molecule has 0 aliphatic carbocycles. The summed E-state index contributed by atoms with van der Waals surface area (Å²) >= 11 is 0. The third-order valence-corrected chi connectivity index (χ3v) is 15.4. The van der Waals surface area contributed by atoms with E-state index in [0.29, 0.717) is 23.9 Å². The van der Waals surface area contributed by atoms with Crippen molar-refractivity contribution in [2.45, 2.75) is 302 Å². The number of rotatable bonds is 66. The van der Waals surface area contributed by atoms with E-state index in [9.17, 15) is 19.5 Å². The summed E-state index contributed by atoms with van der Waals surface area (Å²) in [5, 5.41) is 9.75. The van der Waals surface area contributed by atoms with Crippen LogP contribution in [0, 0.1) is 0 Å². The van der Waals surface area contributed by atoms with Gasteiger partial charge in [0.1, 0.15) is 13.2 Å². The van der Waals surface area contributed by atoms with Gasteiger partial charge >= 0.3 is 17.9 Å². The molecule has 0 saturated carbocycles. The topological polar surface area (TPSA) is 108 Å². The van der Waals surface area contributed by atoms with Crippen molar-refractivity contribution < 1.29 is 42.9 Å². The van der Waals surface area contributed by atoms with E-state index in [2.05, 4.69) is 160 Å². The number of aliphatic carboxylic acids is 1. The molecule has 0 aromatic rings. The Morgan fingerprint density at radius 3 is 0.944 bits per heavy atom. The largest absolute Gasteiger partial charge is 0.477 e. The minimum absolute atomic E-state index is 0.177. The van der Waals surface area contributed by atoms with Crippen molar-refractivity contribution in [3.63, 3.8) is 0 Å². The highest BCUT2D eigenvalue weighted by molar-refractivity contribution is 5.71. The van der Waals surface area contributed by atoms with Gasteiger partial charge < -0.3 is 28.5 Å². The summed E-state index contributed by atoms with van der Waals surface area (Å²) in [6, 6.07) is 0. The van der Waals surface area contributed by atoms with Crippen molar-refractivity contribution >= 4 is 17.9 Å². The molecule has 0 rings (SSSR count). The summed E-state index contributed by atoms with van der Waals surface area (Å²) in [5.41, 5.74) is 0. The molecule has 0 heterocycles. The number of quaternary nitrogens is 1. The predicted molar refractivity (Wildman–Crippen MR) is 387 cm³/mol. The van der Waals surface area contributed by atoms with E-state index < -0.39 is 24.3 Å². The second-order valence-corrected chi connectivity index (χ2v) is 25.2. The molecule has 2 unspecified atom stereocenters. The Kier molecular flexibility index (Phi) is 66.3. The number of carboxylic acids is 1. The average Bonchev–Trinajstić information content (AvgIpc) is 3.73. The molecule has 0 amide bonds. The Hall–Kier alpha value is -4.83. The van der Waals surface area contributed by atoms with E-state index in [1.807, 2.05) is 21.1 Å². The second kappa shape index (κ2) is 70.0. The lowest BCUT2D eigenvalue weighted by Crippen LogP contribution is -2.40. The maximum atomic E-state index is 12.9. The minimum Gasteiger partial charge on any atom is -0.477 e. The van der Waals surface area contributed by atoms with Crippen LogP contribution >= 0.6 is 0 Å². The molecule has 0 aromatic carbocycles. The normalized spacial score (nSPS) is 13.6. The van der Waals surface area contributed by atoms with Crippen LogP contribution < -0.4 is 0 Å². The summed E-state index contributed by atoms with van der Waals surface area (Å²) in [7, 11) is 5.96. The van der Waals surface area contributed by atoms with Crippen LogP contribution in [0.1, 0.15) is 290 Å². The molecule has 0 aliphatic rings. The van der Waals surface area contributed by atoms with Crippen LogP contribution in [-0.2, 0) is 33.3 Å². The smallest absolute Gasteiger partial charge is 0.361 e. The van der Waals surface area contributed by atoms with Crippen LogP contribution in [0.2, 0.25) is 0 Å². The van der Waals surface area contributed by atoms with Crippen LogP contribution in [0.5, 0.6) is 0 Å². The monoisotopic (exact) mass is 1250 g/mol. The molecule has 1 N–H and O–H groups in total. The van der Waals surface area contributed by atoms with Gasteiger partial charge in [0.15, 0.2) is 6.10 Å². The Balaban J connectivity index is 4.21. The number of nitrogens with zero attached hydrogens (tertiary/aromatic N) is 1. The van der Waals surface area contributed by atoms with Gasteiger partial charge in [0.2, 0.25) is 0 Å². The average molecular weight is 1250 g/mol. The Labute approximate surface area is 553 Å². The fourth-order valence-corrected chi connectivity index (χ4v) is 9.82. The second-order valence-electron chi connectivity index (χ2n) is 25.2.